The number of Topliss-reactive ketones (excluding diaryl/α,β-unsaturated/α-hetero) is 1. The molecule has 1 N–H and O–H groups in total. The van der Waals surface area contributed by atoms with Gasteiger partial charge in [-0.1, -0.05) is 19.8 Å². The maximum absolute atomic E-state index is 11.3. The van der Waals surface area contributed by atoms with Gasteiger partial charge in [-0.2, -0.15) is 5.10 Å². The van der Waals surface area contributed by atoms with Crippen LogP contribution in [0.2, 0.25) is 0 Å². The van der Waals surface area contributed by atoms with Crippen LogP contribution in [0.5, 0.6) is 0 Å². The highest BCUT2D eigenvalue weighted by atomic mass is 16.1. The minimum absolute atomic E-state index is 0.235. The highest BCUT2D eigenvalue weighted by molar-refractivity contribution is 6.40. The van der Waals surface area contributed by atoms with Crippen LogP contribution in [0, 0.1) is 0 Å². The van der Waals surface area contributed by atoms with Crippen molar-refractivity contribution in [2.75, 3.05) is 6.54 Å². The first-order chi connectivity index (χ1) is 6.84. The largest absolute Gasteiger partial charge is 0.310 e. The molecule has 0 aromatic carbocycles. The molecule has 0 heterocycles. The number of hydrogen-bond donors (Lipinski definition) is 1. The molecule has 0 aromatic heterocycles. The minimum atomic E-state index is 0.235. The van der Waals surface area contributed by atoms with Crippen molar-refractivity contribution >= 4 is 11.5 Å². The fourth-order valence-electron chi connectivity index (χ4n) is 1.59. The molecule has 0 radical (unpaired) electrons. The van der Waals surface area contributed by atoms with Gasteiger partial charge >= 0.3 is 0 Å². The van der Waals surface area contributed by atoms with E-state index in [0.717, 1.165) is 37.9 Å². The molecule has 0 spiro atoms. The predicted octanol–water partition coefficient (Wildman–Crippen LogP) is 2.27. The summed E-state index contributed by atoms with van der Waals surface area (Å²) in [5.74, 6) is 0.235. The van der Waals surface area contributed by atoms with E-state index in [2.05, 4.69) is 17.5 Å². The number of carbonyl (C=O) groups is 1. The van der Waals surface area contributed by atoms with Crippen LogP contribution in [-0.4, -0.2) is 18.0 Å². The summed E-state index contributed by atoms with van der Waals surface area (Å²) in [6.45, 7) is 3.07. The lowest BCUT2D eigenvalue weighted by atomic mass is 9.97. The molecular weight excluding hydrogens is 176 g/mol. The molecular formula is C11H20N2O. The van der Waals surface area contributed by atoms with Crippen molar-refractivity contribution in [3.8, 4) is 0 Å². The molecule has 1 fully saturated rings. The number of nitrogens with one attached hydrogen (secondary N) is 1. The molecule has 80 valence electrons. The van der Waals surface area contributed by atoms with Gasteiger partial charge in [-0.15, -0.1) is 0 Å². The molecule has 0 aromatic rings. The molecule has 3 nitrogen and oxygen atoms in total. The third kappa shape index (κ3) is 3.90. The maximum atomic E-state index is 11.3. The van der Waals surface area contributed by atoms with Crippen LogP contribution < -0.4 is 5.43 Å². The Morgan fingerprint density at radius 2 is 2.07 bits per heavy atom. The minimum Gasteiger partial charge on any atom is -0.310 e. The number of rotatable bonds is 5. The SMILES string of the molecule is CCCCCNN=C1CCCCC1=O. The molecule has 0 amide bonds. The maximum Gasteiger partial charge on any atom is 0.178 e. The Kier molecular flexibility index (Phi) is 5.27. The van der Waals surface area contributed by atoms with Crippen molar-refractivity contribution in [2.45, 2.75) is 51.9 Å². The highest BCUT2D eigenvalue weighted by Gasteiger charge is 2.15. The van der Waals surface area contributed by atoms with E-state index in [9.17, 15) is 4.79 Å². The topological polar surface area (TPSA) is 41.5 Å². The summed E-state index contributed by atoms with van der Waals surface area (Å²) < 4.78 is 0. The lowest BCUT2D eigenvalue weighted by Crippen LogP contribution is -2.22. The van der Waals surface area contributed by atoms with Crippen molar-refractivity contribution in [3.63, 3.8) is 0 Å². The van der Waals surface area contributed by atoms with Crippen molar-refractivity contribution < 1.29 is 4.79 Å². The third-order valence-electron chi connectivity index (χ3n) is 2.50. The average Bonchev–Trinajstić information content (AvgIpc) is 2.20. The van der Waals surface area contributed by atoms with Crippen LogP contribution in [0.1, 0.15) is 51.9 Å². The summed E-state index contributed by atoms with van der Waals surface area (Å²) in [4.78, 5) is 11.3. The second kappa shape index (κ2) is 6.57. The molecule has 0 aliphatic heterocycles. The van der Waals surface area contributed by atoms with E-state index in [-0.39, 0.29) is 5.78 Å². The summed E-state index contributed by atoms with van der Waals surface area (Å²) in [6, 6.07) is 0. The molecule has 1 aliphatic rings. The number of hydrazone groups is 1. The number of ketones is 1. The third-order valence-corrected chi connectivity index (χ3v) is 2.50. The number of nitrogens with zero attached hydrogens (tertiary/aromatic N) is 1. The van der Waals surface area contributed by atoms with E-state index < -0.39 is 0 Å². The van der Waals surface area contributed by atoms with Crippen molar-refractivity contribution in [3.05, 3.63) is 0 Å². The smallest absolute Gasteiger partial charge is 0.178 e. The highest BCUT2D eigenvalue weighted by Crippen LogP contribution is 2.11. The molecule has 0 saturated heterocycles. The second-order valence-corrected chi connectivity index (χ2v) is 3.80. The van der Waals surface area contributed by atoms with Gasteiger partial charge in [-0.25, -0.2) is 0 Å². The van der Waals surface area contributed by atoms with Gasteiger partial charge in [0.2, 0.25) is 0 Å². The summed E-state index contributed by atoms with van der Waals surface area (Å²) in [7, 11) is 0. The summed E-state index contributed by atoms with van der Waals surface area (Å²) in [5, 5.41) is 4.15. The van der Waals surface area contributed by atoms with Crippen molar-refractivity contribution in [1.82, 2.24) is 5.43 Å². The van der Waals surface area contributed by atoms with E-state index in [1.807, 2.05) is 0 Å². The molecule has 1 aliphatic carbocycles. The van der Waals surface area contributed by atoms with Crippen LogP contribution >= 0.6 is 0 Å². The zero-order chi connectivity index (χ0) is 10.2. The van der Waals surface area contributed by atoms with Gasteiger partial charge in [0.1, 0.15) is 5.71 Å². The molecule has 0 atom stereocenters. The van der Waals surface area contributed by atoms with E-state index in [4.69, 9.17) is 0 Å². The number of hydrogen-bond acceptors (Lipinski definition) is 3. The normalized spacial score (nSPS) is 20.1. The van der Waals surface area contributed by atoms with Gasteiger partial charge in [0.25, 0.3) is 0 Å². The molecule has 1 saturated carbocycles. The molecule has 0 bridgehead atoms. The molecule has 14 heavy (non-hydrogen) atoms. The zero-order valence-electron chi connectivity index (χ0n) is 9.01. The summed E-state index contributed by atoms with van der Waals surface area (Å²) in [6.07, 6.45) is 7.29. The number of unbranched alkanes of at least 4 members (excludes halogenated alkanes) is 2. The van der Waals surface area contributed by atoms with Gasteiger partial charge in [0, 0.05) is 13.0 Å². The Hall–Kier alpha value is -0.860. The average molecular weight is 196 g/mol. The van der Waals surface area contributed by atoms with Crippen LogP contribution in [0.3, 0.4) is 0 Å². The van der Waals surface area contributed by atoms with Crippen molar-refractivity contribution in [2.24, 2.45) is 5.10 Å². The Morgan fingerprint density at radius 3 is 2.79 bits per heavy atom. The fourth-order valence-corrected chi connectivity index (χ4v) is 1.59. The Labute approximate surface area is 86.0 Å². The van der Waals surface area contributed by atoms with Crippen molar-refractivity contribution in [1.29, 1.82) is 0 Å². The van der Waals surface area contributed by atoms with Gasteiger partial charge < -0.3 is 5.43 Å². The first kappa shape index (κ1) is 11.2. The zero-order valence-corrected chi connectivity index (χ0v) is 9.01. The molecule has 3 heteroatoms. The fraction of sp³-hybridized carbons (Fsp3) is 0.818. The van der Waals surface area contributed by atoms with Crippen LogP contribution in [0.15, 0.2) is 5.10 Å². The Morgan fingerprint density at radius 1 is 1.29 bits per heavy atom. The van der Waals surface area contributed by atoms with Crippen LogP contribution in [0.4, 0.5) is 0 Å². The second-order valence-electron chi connectivity index (χ2n) is 3.80. The van der Waals surface area contributed by atoms with Gasteiger partial charge in [-0.05, 0) is 25.7 Å². The van der Waals surface area contributed by atoms with E-state index in [1.54, 1.807) is 0 Å². The molecule has 1 rings (SSSR count). The van der Waals surface area contributed by atoms with E-state index in [0.29, 0.717) is 6.42 Å². The molecule has 0 unspecified atom stereocenters. The Balaban J connectivity index is 2.18. The predicted molar refractivity (Wildman–Crippen MR) is 58.4 cm³/mol. The van der Waals surface area contributed by atoms with Crippen LogP contribution in [0.25, 0.3) is 0 Å². The standard InChI is InChI=1S/C11H20N2O/c1-2-3-6-9-12-13-10-7-4-5-8-11(10)14/h12H,2-9H2,1H3. The Bertz CT molecular complexity index is 211. The van der Waals surface area contributed by atoms with E-state index in [1.165, 1.54) is 12.8 Å². The first-order valence-corrected chi connectivity index (χ1v) is 5.67. The summed E-state index contributed by atoms with van der Waals surface area (Å²) >= 11 is 0. The van der Waals surface area contributed by atoms with Gasteiger partial charge in [0.05, 0.1) is 0 Å². The van der Waals surface area contributed by atoms with Gasteiger partial charge in [0.15, 0.2) is 5.78 Å². The monoisotopic (exact) mass is 196 g/mol. The van der Waals surface area contributed by atoms with Gasteiger partial charge in [-0.3, -0.25) is 4.79 Å². The lowest BCUT2D eigenvalue weighted by molar-refractivity contribution is -0.113. The van der Waals surface area contributed by atoms with Crippen LogP contribution in [-0.2, 0) is 4.79 Å². The lowest BCUT2D eigenvalue weighted by Gasteiger charge is -2.11. The summed E-state index contributed by atoms with van der Waals surface area (Å²) in [5.41, 5.74) is 3.74. The first-order valence-electron chi connectivity index (χ1n) is 5.67. The quantitative estimate of drug-likeness (QED) is 0.541. The van der Waals surface area contributed by atoms with E-state index >= 15 is 0 Å². The number of carbonyl (C=O) groups excluding carboxylic acids is 1.